The summed E-state index contributed by atoms with van der Waals surface area (Å²) >= 11 is 1.70. The predicted octanol–water partition coefficient (Wildman–Crippen LogP) is 0.413. The quantitative estimate of drug-likeness (QED) is 0.601. The topological polar surface area (TPSA) is 58.6 Å². The van der Waals surface area contributed by atoms with Crippen LogP contribution in [0.5, 0.6) is 0 Å². The zero-order valence-corrected chi connectivity index (χ0v) is 12.2. The molecule has 5 nitrogen and oxygen atoms in total. The first-order valence-electron chi connectivity index (χ1n) is 6.59. The first-order chi connectivity index (χ1) is 9.15. The van der Waals surface area contributed by atoms with Gasteiger partial charge in [0, 0.05) is 36.7 Å². The first-order valence-corrected chi connectivity index (χ1v) is 7.75. The van der Waals surface area contributed by atoms with Crippen LogP contribution in [0.15, 0.2) is 11.1 Å². The van der Waals surface area contributed by atoms with Crippen molar-refractivity contribution in [3.63, 3.8) is 0 Å². The molecule has 2 rings (SSSR count). The van der Waals surface area contributed by atoms with Crippen LogP contribution in [0.1, 0.15) is 13.8 Å². The van der Waals surface area contributed by atoms with Crippen LogP contribution in [0, 0.1) is 0 Å². The van der Waals surface area contributed by atoms with E-state index in [0.29, 0.717) is 18.9 Å². The largest absolute Gasteiger partial charge is 0.464 e. The highest BCUT2D eigenvalue weighted by molar-refractivity contribution is 7.99. The number of nitrogens with one attached hydrogen (secondary N) is 1. The second-order valence-electron chi connectivity index (χ2n) is 4.67. The van der Waals surface area contributed by atoms with E-state index in [2.05, 4.69) is 5.32 Å². The van der Waals surface area contributed by atoms with Crippen LogP contribution in [0.3, 0.4) is 0 Å². The van der Waals surface area contributed by atoms with Crippen LogP contribution in [0.2, 0.25) is 0 Å². The van der Waals surface area contributed by atoms with Crippen molar-refractivity contribution in [2.75, 3.05) is 37.7 Å². The molecule has 2 fully saturated rings. The van der Waals surface area contributed by atoms with Crippen LogP contribution < -0.4 is 5.32 Å². The van der Waals surface area contributed by atoms with Gasteiger partial charge in [0.15, 0.2) is 0 Å². The van der Waals surface area contributed by atoms with Gasteiger partial charge < -0.3 is 15.0 Å². The van der Waals surface area contributed by atoms with Crippen molar-refractivity contribution in [2.45, 2.75) is 19.9 Å². The van der Waals surface area contributed by atoms with Gasteiger partial charge in [-0.05, 0) is 19.4 Å². The van der Waals surface area contributed by atoms with Gasteiger partial charge in [-0.2, -0.15) is 11.8 Å². The molecule has 0 aromatic carbocycles. The zero-order valence-electron chi connectivity index (χ0n) is 11.4. The van der Waals surface area contributed by atoms with Gasteiger partial charge in [0.05, 0.1) is 6.61 Å². The monoisotopic (exact) mass is 284 g/mol. The van der Waals surface area contributed by atoms with Gasteiger partial charge >= 0.3 is 5.97 Å². The molecule has 1 atom stereocenters. The Balaban J connectivity index is 2.10. The summed E-state index contributed by atoms with van der Waals surface area (Å²) in [6.45, 7) is 6.17. The van der Waals surface area contributed by atoms with E-state index in [1.807, 2.05) is 6.92 Å². The summed E-state index contributed by atoms with van der Waals surface area (Å²) < 4.78 is 5.07. The number of ether oxygens (including phenoxy) is 1. The molecular weight excluding hydrogens is 264 g/mol. The van der Waals surface area contributed by atoms with Gasteiger partial charge in [-0.3, -0.25) is 4.79 Å². The highest BCUT2D eigenvalue weighted by Crippen LogP contribution is 2.21. The van der Waals surface area contributed by atoms with E-state index in [1.165, 1.54) is 0 Å². The fourth-order valence-corrected chi connectivity index (χ4v) is 3.19. The minimum atomic E-state index is -0.435. The van der Waals surface area contributed by atoms with Crippen LogP contribution >= 0.6 is 11.8 Å². The SMILES string of the molecule is CCOC(=O)C1CSCCN1C(=O)C(C)=C1CNC1. The molecule has 2 saturated heterocycles. The Hall–Kier alpha value is -1.01. The second-order valence-corrected chi connectivity index (χ2v) is 5.82. The van der Waals surface area contributed by atoms with E-state index in [0.717, 1.165) is 30.0 Å². The Morgan fingerprint density at radius 2 is 2.21 bits per heavy atom. The smallest absolute Gasteiger partial charge is 0.329 e. The van der Waals surface area contributed by atoms with Gasteiger partial charge in [-0.25, -0.2) is 4.79 Å². The third-order valence-corrected chi connectivity index (χ3v) is 4.50. The average Bonchev–Trinajstić information content (AvgIpc) is 2.36. The number of carbonyl (C=O) groups excluding carboxylic acids is 2. The van der Waals surface area contributed by atoms with E-state index in [9.17, 15) is 9.59 Å². The van der Waals surface area contributed by atoms with Crippen molar-refractivity contribution in [1.29, 1.82) is 0 Å². The highest BCUT2D eigenvalue weighted by atomic mass is 32.2. The molecule has 1 amide bonds. The molecule has 106 valence electrons. The number of carbonyl (C=O) groups is 2. The maximum atomic E-state index is 12.5. The summed E-state index contributed by atoms with van der Waals surface area (Å²) in [5, 5.41) is 3.13. The summed E-state index contributed by atoms with van der Waals surface area (Å²) in [4.78, 5) is 26.1. The fraction of sp³-hybridized carbons (Fsp3) is 0.692. The van der Waals surface area contributed by atoms with Gasteiger partial charge in [-0.15, -0.1) is 0 Å². The summed E-state index contributed by atoms with van der Waals surface area (Å²) in [7, 11) is 0. The Morgan fingerprint density at radius 1 is 1.47 bits per heavy atom. The molecule has 0 bridgehead atoms. The zero-order chi connectivity index (χ0) is 13.8. The van der Waals surface area contributed by atoms with Gasteiger partial charge in [0.2, 0.25) is 5.91 Å². The molecule has 2 heterocycles. The number of amides is 1. The number of nitrogens with zero attached hydrogens (tertiary/aromatic N) is 1. The lowest BCUT2D eigenvalue weighted by atomic mass is 10.0. The van der Waals surface area contributed by atoms with Gasteiger partial charge in [0.1, 0.15) is 6.04 Å². The second kappa shape index (κ2) is 6.43. The Bertz CT molecular complexity index is 403. The highest BCUT2D eigenvalue weighted by Gasteiger charge is 2.34. The summed E-state index contributed by atoms with van der Waals surface area (Å²) in [6.07, 6.45) is 0. The van der Waals surface area contributed by atoms with E-state index in [-0.39, 0.29) is 11.9 Å². The van der Waals surface area contributed by atoms with Gasteiger partial charge in [-0.1, -0.05) is 0 Å². The number of rotatable bonds is 3. The molecule has 1 N–H and O–H groups in total. The molecule has 0 aromatic heterocycles. The molecule has 2 aliphatic rings. The number of thioether (sulfide) groups is 1. The van der Waals surface area contributed by atoms with Crippen molar-refractivity contribution in [3.8, 4) is 0 Å². The Labute approximate surface area is 117 Å². The third kappa shape index (κ3) is 3.12. The van der Waals surface area contributed by atoms with Crippen LogP contribution in [0.4, 0.5) is 0 Å². The summed E-state index contributed by atoms with van der Waals surface area (Å²) in [5.74, 6) is 1.20. The molecular formula is C13H20N2O3S. The van der Waals surface area contributed by atoms with E-state index in [1.54, 1.807) is 23.6 Å². The van der Waals surface area contributed by atoms with Crippen LogP contribution in [-0.2, 0) is 14.3 Å². The molecule has 0 aliphatic carbocycles. The van der Waals surface area contributed by atoms with Crippen molar-refractivity contribution in [1.82, 2.24) is 10.2 Å². The molecule has 0 radical (unpaired) electrons. The maximum absolute atomic E-state index is 12.5. The summed E-state index contributed by atoms with van der Waals surface area (Å²) in [6, 6.07) is -0.435. The molecule has 0 spiro atoms. The Kier molecular flexibility index (Phi) is 4.87. The van der Waals surface area contributed by atoms with Crippen LogP contribution in [0.25, 0.3) is 0 Å². The standard InChI is InChI=1S/C13H20N2O3S/c1-3-18-13(17)11-8-19-5-4-15(11)12(16)9(2)10-6-14-7-10/h11,14H,3-8H2,1-2H3. The number of esters is 1. The Morgan fingerprint density at radius 3 is 2.79 bits per heavy atom. The van der Waals surface area contributed by atoms with Gasteiger partial charge in [0.25, 0.3) is 0 Å². The van der Waals surface area contributed by atoms with E-state index >= 15 is 0 Å². The van der Waals surface area contributed by atoms with Crippen LogP contribution in [-0.4, -0.2) is 60.6 Å². The fourth-order valence-electron chi connectivity index (χ4n) is 2.16. The van der Waals surface area contributed by atoms with Crippen molar-refractivity contribution in [2.24, 2.45) is 0 Å². The predicted molar refractivity (Wildman–Crippen MR) is 75.0 cm³/mol. The van der Waals surface area contributed by atoms with Crippen molar-refractivity contribution in [3.05, 3.63) is 11.1 Å². The first kappa shape index (κ1) is 14.4. The molecule has 2 aliphatic heterocycles. The lowest BCUT2D eigenvalue weighted by Gasteiger charge is -2.35. The minimum absolute atomic E-state index is 0.0187. The minimum Gasteiger partial charge on any atom is -0.464 e. The molecule has 6 heteroatoms. The molecule has 0 aromatic rings. The lowest BCUT2D eigenvalue weighted by Crippen LogP contribution is -2.52. The molecule has 0 saturated carbocycles. The molecule has 19 heavy (non-hydrogen) atoms. The summed E-state index contributed by atoms with van der Waals surface area (Å²) in [5.41, 5.74) is 1.92. The average molecular weight is 284 g/mol. The van der Waals surface area contributed by atoms with Crippen molar-refractivity contribution >= 4 is 23.6 Å². The third-order valence-electron chi connectivity index (χ3n) is 3.48. The lowest BCUT2D eigenvalue weighted by molar-refractivity contribution is -0.152. The van der Waals surface area contributed by atoms with E-state index < -0.39 is 6.04 Å². The van der Waals surface area contributed by atoms with E-state index in [4.69, 9.17) is 4.74 Å². The normalized spacial score (nSPS) is 22.7. The molecule has 1 unspecified atom stereocenters. The maximum Gasteiger partial charge on any atom is 0.329 e. The number of hydrogen-bond acceptors (Lipinski definition) is 5. The number of hydrogen-bond donors (Lipinski definition) is 1. The van der Waals surface area contributed by atoms with Crippen molar-refractivity contribution < 1.29 is 14.3 Å².